The van der Waals surface area contributed by atoms with Crippen LogP contribution >= 0.6 is 0 Å². The third kappa shape index (κ3) is 3.10. The van der Waals surface area contributed by atoms with Gasteiger partial charge in [-0.3, -0.25) is 0 Å². The first kappa shape index (κ1) is 16.8. The van der Waals surface area contributed by atoms with E-state index in [1.165, 1.54) is 5.56 Å². The van der Waals surface area contributed by atoms with Gasteiger partial charge in [0.1, 0.15) is 11.6 Å². The van der Waals surface area contributed by atoms with Gasteiger partial charge in [-0.1, -0.05) is 6.92 Å². The first-order chi connectivity index (χ1) is 12.7. The molecule has 1 saturated carbocycles. The van der Waals surface area contributed by atoms with Gasteiger partial charge in [0.2, 0.25) is 0 Å². The summed E-state index contributed by atoms with van der Waals surface area (Å²) in [6.45, 7) is 2.13. The van der Waals surface area contributed by atoms with Crippen molar-refractivity contribution >= 4 is 23.0 Å². The van der Waals surface area contributed by atoms with Gasteiger partial charge in [0, 0.05) is 30.2 Å². The molecule has 4 rings (SSSR count). The zero-order valence-electron chi connectivity index (χ0n) is 15.0. The van der Waals surface area contributed by atoms with Crippen LogP contribution in [0.4, 0.5) is 17.3 Å². The number of imidazole rings is 1. The van der Waals surface area contributed by atoms with Crippen molar-refractivity contribution < 1.29 is 0 Å². The van der Waals surface area contributed by atoms with Gasteiger partial charge in [-0.15, -0.1) is 5.10 Å². The fourth-order valence-electron chi connectivity index (χ4n) is 3.81. The maximum atomic E-state index is 6.37. The molecule has 0 aliphatic heterocycles. The van der Waals surface area contributed by atoms with E-state index < -0.39 is 0 Å². The average molecular weight is 351 g/mol. The molecular weight excluding hydrogens is 326 g/mol. The van der Waals surface area contributed by atoms with Crippen molar-refractivity contribution in [2.45, 2.75) is 51.0 Å². The van der Waals surface area contributed by atoms with Crippen LogP contribution in [0.3, 0.4) is 0 Å². The zero-order valence-corrected chi connectivity index (χ0v) is 15.0. The molecule has 5 N–H and O–H groups in total. The molecule has 0 radical (unpaired) electrons. The maximum Gasteiger partial charge on any atom is 0.177 e. The molecule has 0 bridgehead atoms. The number of anilines is 3. The molecule has 26 heavy (non-hydrogen) atoms. The van der Waals surface area contributed by atoms with E-state index in [9.17, 15) is 0 Å². The van der Waals surface area contributed by atoms with Crippen molar-refractivity contribution in [1.82, 2.24) is 19.6 Å². The standard InChI is InChI=1S/C19H25N7/c1-2-12-7-8-22-15(11-12)24-17-16(13-3-5-14(20)6-4-13)18(21)25-26-10-9-23-19(17)26/h7-11,13-14H,2-6,20H2,1H3,(H2,21,25)(H,22,24). The van der Waals surface area contributed by atoms with E-state index in [-0.39, 0.29) is 6.04 Å². The molecule has 0 atom stereocenters. The lowest BCUT2D eigenvalue weighted by Crippen LogP contribution is -2.26. The molecule has 1 fully saturated rings. The van der Waals surface area contributed by atoms with Crippen LogP contribution in [0, 0.1) is 0 Å². The van der Waals surface area contributed by atoms with Crippen LogP contribution in [0.15, 0.2) is 30.7 Å². The molecule has 1 aliphatic rings. The quantitative estimate of drug-likeness (QED) is 0.667. The van der Waals surface area contributed by atoms with E-state index in [2.05, 4.69) is 33.4 Å². The SMILES string of the molecule is CCc1ccnc(Nc2c(C3CCC(N)CC3)c(N)nn3ccnc23)c1. The molecule has 0 aromatic carbocycles. The Morgan fingerprint density at radius 3 is 2.77 bits per heavy atom. The number of pyridine rings is 1. The highest BCUT2D eigenvalue weighted by molar-refractivity contribution is 5.80. The van der Waals surface area contributed by atoms with E-state index in [1.54, 1.807) is 10.7 Å². The van der Waals surface area contributed by atoms with Gasteiger partial charge in [0.25, 0.3) is 0 Å². The molecule has 3 aromatic rings. The summed E-state index contributed by atoms with van der Waals surface area (Å²) >= 11 is 0. The van der Waals surface area contributed by atoms with Gasteiger partial charge < -0.3 is 16.8 Å². The van der Waals surface area contributed by atoms with E-state index in [4.69, 9.17) is 11.5 Å². The fourth-order valence-corrected chi connectivity index (χ4v) is 3.81. The van der Waals surface area contributed by atoms with Crippen LogP contribution < -0.4 is 16.8 Å². The summed E-state index contributed by atoms with van der Waals surface area (Å²) in [6.07, 6.45) is 10.4. The number of nitrogens with zero attached hydrogens (tertiary/aromatic N) is 4. The number of hydrogen-bond acceptors (Lipinski definition) is 6. The Balaban J connectivity index is 1.80. The monoisotopic (exact) mass is 351 g/mol. The Bertz CT molecular complexity index is 909. The first-order valence-electron chi connectivity index (χ1n) is 9.26. The van der Waals surface area contributed by atoms with E-state index in [1.807, 2.05) is 18.5 Å². The lowest BCUT2D eigenvalue weighted by atomic mass is 9.81. The van der Waals surface area contributed by atoms with Gasteiger partial charge in [-0.2, -0.15) is 0 Å². The summed E-state index contributed by atoms with van der Waals surface area (Å²) in [4.78, 5) is 8.97. The summed E-state index contributed by atoms with van der Waals surface area (Å²) in [7, 11) is 0. The number of nitrogens with one attached hydrogen (secondary N) is 1. The Kier molecular flexibility index (Phi) is 4.46. The van der Waals surface area contributed by atoms with Gasteiger partial charge in [-0.05, 0) is 55.7 Å². The van der Waals surface area contributed by atoms with Crippen molar-refractivity contribution in [3.63, 3.8) is 0 Å². The summed E-state index contributed by atoms with van der Waals surface area (Å²) in [6, 6.07) is 4.38. The van der Waals surface area contributed by atoms with Crippen molar-refractivity contribution in [3.05, 3.63) is 41.9 Å². The molecule has 0 amide bonds. The second-order valence-corrected chi connectivity index (χ2v) is 7.01. The van der Waals surface area contributed by atoms with Crippen LogP contribution in [0.5, 0.6) is 0 Å². The van der Waals surface area contributed by atoms with Crippen molar-refractivity contribution in [1.29, 1.82) is 0 Å². The number of hydrogen-bond donors (Lipinski definition) is 3. The molecule has 3 heterocycles. The summed E-state index contributed by atoms with van der Waals surface area (Å²) in [5.74, 6) is 1.68. The summed E-state index contributed by atoms with van der Waals surface area (Å²) in [5.41, 5.74) is 16.4. The highest BCUT2D eigenvalue weighted by atomic mass is 15.3. The van der Waals surface area contributed by atoms with Gasteiger partial charge in [-0.25, -0.2) is 14.5 Å². The smallest absolute Gasteiger partial charge is 0.177 e. The Labute approximate surface area is 152 Å². The Morgan fingerprint density at radius 2 is 2.00 bits per heavy atom. The minimum atomic E-state index is 0.287. The molecule has 1 aliphatic carbocycles. The van der Waals surface area contributed by atoms with Crippen LogP contribution in [0.25, 0.3) is 5.65 Å². The van der Waals surface area contributed by atoms with Crippen LogP contribution in [0.2, 0.25) is 0 Å². The largest absolute Gasteiger partial charge is 0.382 e. The molecule has 3 aromatic heterocycles. The third-order valence-corrected chi connectivity index (χ3v) is 5.27. The number of nitrogen functional groups attached to an aromatic ring is 1. The number of nitrogens with two attached hydrogens (primary N) is 2. The topological polar surface area (TPSA) is 107 Å². The molecule has 0 unspecified atom stereocenters. The minimum Gasteiger partial charge on any atom is -0.382 e. The highest BCUT2D eigenvalue weighted by Crippen LogP contribution is 2.40. The minimum absolute atomic E-state index is 0.287. The number of rotatable bonds is 4. The van der Waals surface area contributed by atoms with Gasteiger partial charge in [0.15, 0.2) is 5.65 Å². The van der Waals surface area contributed by atoms with Gasteiger partial charge >= 0.3 is 0 Å². The first-order valence-corrected chi connectivity index (χ1v) is 9.26. The predicted molar refractivity (Wildman–Crippen MR) is 103 cm³/mol. The molecule has 136 valence electrons. The predicted octanol–water partition coefficient (Wildman–Crippen LogP) is 3.00. The molecule has 0 spiro atoms. The summed E-state index contributed by atoms with van der Waals surface area (Å²) in [5, 5.41) is 7.99. The Hall–Kier alpha value is -2.67. The van der Waals surface area contributed by atoms with E-state index in [0.29, 0.717) is 11.7 Å². The van der Waals surface area contributed by atoms with Crippen molar-refractivity contribution in [2.24, 2.45) is 5.73 Å². The molecule has 7 nitrogen and oxygen atoms in total. The number of aromatic nitrogens is 4. The summed E-state index contributed by atoms with van der Waals surface area (Å²) < 4.78 is 1.72. The highest BCUT2D eigenvalue weighted by Gasteiger charge is 2.27. The Morgan fingerprint density at radius 1 is 1.19 bits per heavy atom. The average Bonchev–Trinajstić information content (AvgIpc) is 3.11. The van der Waals surface area contributed by atoms with Crippen LogP contribution in [-0.4, -0.2) is 25.6 Å². The van der Waals surface area contributed by atoms with Crippen molar-refractivity contribution in [3.8, 4) is 0 Å². The van der Waals surface area contributed by atoms with Crippen LogP contribution in [-0.2, 0) is 6.42 Å². The lowest BCUT2D eigenvalue weighted by Gasteiger charge is -2.28. The normalized spacial score (nSPS) is 20.4. The third-order valence-electron chi connectivity index (χ3n) is 5.27. The molecular formula is C19H25N7. The molecule has 7 heteroatoms. The number of aryl methyl sites for hydroxylation is 1. The lowest BCUT2D eigenvalue weighted by molar-refractivity contribution is 0.396. The zero-order chi connectivity index (χ0) is 18.1. The van der Waals surface area contributed by atoms with Gasteiger partial charge in [0.05, 0.1) is 5.69 Å². The van der Waals surface area contributed by atoms with Crippen LogP contribution in [0.1, 0.15) is 49.7 Å². The van der Waals surface area contributed by atoms with E-state index >= 15 is 0 Å². The van der Waals surface area contributed by atoms with Crippen molar-refractivity contribution in [2.75, 3.05) is 11.1 Å². The number of fused-ring (bicyclic) bond motifs is 1. The second kappa shape index (κ2) is 6.92. The van der Waals surface area contributed by atoms with E-state index in [0.717, 1.165) is 54.8 Å². The second-order valence-electron chi connectivity index (χ2n) is 7.01. The maximum absolute atomic E-state index is 6.37. The molecule has 0 saturated heterocycles. The fraction of sp³-hybridized carbons (Fsp3) is 0.421.